The number of esters is 1. The third kappa shape index (κ3) is 3.90. The van der Waals surface area contributed by atoms with Gasteiger partial charge in [0.15, 0.2) is 0 Å². The summed E-state index contributed by atoms with van der Waals surface area (Å²) < 4.78 is 5.27. The summed E-state index contributed by atoms with van der Waals surface area (Å²) in [6.07, 6.45) is -0.511. The number of amides is 1. The standard InChI is InChI=1S/C11H13N3O6/c1-14-8(15)4-3-6(13-14)10(17)12-7(11(18)19)5-9(16)20-2/h3-4,7H,5H2,1-2H3,(H,12,17)(H,18,19)/t7-/m0/s1. The molecule has 9 heteroatoms. The van der Waals surface area contributed by atoms with Crippen LogP contribution in [0.3, 0.4) is 0 Å². The van der Waals surface area contributed by atoms with Crippen LogP contribution in [0.15, 0.2) is 16.9 Å². The van der Waals surface area contributed by atoms with Crippen LogP contribution in [0, 0.1) is 0 Å². The van der Waals surface area contributed by atoms with Gasteiger partial charge in [-0.15, -0.1) is 0 Å². The number of aromatic nitrogens is 2. The van der Waals surface area contributed by atoms with Crippen LogP contribution in [0.2, 0.25) is 0 Å². The van der Waals surface area contributed by atoms with Gasteiger partial charge in [0.1, 0.15) is 11.7 Å². The molecular formula is C11H13N3O6. The van der Waals surface area contributed by atoms with Crippen molar-refractivity contribution >= 4 is 17.8 Å². The minimum atomic E-state index is -1.44. The lowest BCUT2D eigenvalue weighted by atomic mass is 10.2. The maximum atomic E-state index is 11.8. The number of rotatable bonds is 5. The summed E-state index contributed by atoms with van der Waals surface area (Å²) >= 11 is 0. The smallest absolute Gasteiger partial charge is 0.326 e. The average Bonchev–Trinajstić information content (AvgIpc) is 2.40. The number of nitrogens with one attached hydrogen (secondary N) is 1. The molecule has 0 spiro atoms. The van der Waals surface area contributed by atoms with Gasteiger partial charge in [0.2, 0.25) is 0 Å². The summed E-state index contributed by atoms with van der Waals surface area (Å²) in [6, 6.07) is 0.848. The van der Waals surface area contributed by atoms with Crippen molar-refractivity contribution in [3.63, 3.8) is 0 Å². The maximum Gasteiger partial charge on any atom is 0.326 e. The second kappa shape index (κ2) is 6.45. The Bertz CT molecular complexity index is 594. The first-order chi connectivity index (χ1) is 9.35. The van der Waals surface area contributed by atoms with E-state index >= 15 is 0 Å². The molecule has 1 atom stereocenters. The van der Waals surface area contributed by atoms with Gasteiger partial charge < -0.3 is 15.2 Å². The molecular weight excluding hydrogens is 270 g/mol. The van der Waals surface area contributed by atoms with Crippen LogP contribution >= 0.6 is 0 Å². The molecule has 1 aromatic heterocycles. The summed E-state index contributed by atoms with van der Waals surface area (Å²) in [6.45, 7) is 0. The summed E-state index contributed by atoms with van der Waals surface area (Å²) in [5.74, 6) is -2.96. The Hall–Kier alpha value is -2.71. The highest BCUT2D eigenvalue weighted by Gasteiger charge is 2.24. The van der Waals surface area contributed by atoms with Crippen molar-refractivity contribution in [2.45, 2.75) is 12.5 Å². The SMILES string of the molecule is COC(=O)C[C@H](NC(=O)c1ccc(=O)n(C)n1)C(=O)O. The van der Waals surface area contributed by atoms with Crippen molar-refractivity contribution in [1.82, 2.24) is 15.1 Å². The number of methoxy groups -OCH3 is 1. The minimum Gasteiger partial charge on any atom is -0.480 e. The largest absolute Gasteiger partial charge is 0.480 e. The van der Waals surface area contributed by atoms with Crippen LogP contribution in [-0.2, 0) is 21.4 Å². The maximum absolute atomic E-state index is 11.8. The molecule has 0 saturated carbocycles. The molecule has 0 aliphatic rings. The Labute approximate surface area is 113 Å². The van der Waals surface area contributed by atoms with Gasteiger partial charge in [0.25, 0.3) is 11.5 Å². The summed E-state index contributed by atoms with van der Waals surface area (Å²) in [5.41, 5.74) is -0.547. The zero-order chi connectivity index (χ0) is 15.3. The van der Waals surface area contributed by atoms with E-state index in [9.17, 15) is 19.2 Å². The molecule has 0 saturated heterocycles. The summed E-state index contributed by atoms with van der Waals surface area (Å²) in [4.78, 5) is 44.9. The highest BCUT2D eigenvalue weighted by atomic mass is 16.5. The number of carboxylic acids is 1. The number of carbonyl (C=O) groups is 3. The zero-order valence-electron chi connectivity index (χ0n) is 10.8. The van der Waals surface area contributed by atoms with Crippen molar-refractivity contribution in [3.05, 3.63) is 28.2 Å². The van der Waals surface area contributed by atoms with E-state index in [4.69, 9.17) is 5.11 Å². The van der Waals surface area contributed by atoms with Gasteiger partial charge in [0, 0.05) is 13.1 Å². The monoisotopic (exact) mass is 283 g/mol. The van der Waals surface area contributed by atoms with E-state index in [0.29, 0.717) is 0 Å². The van der Waals surface area contributed by atoms with Gasteiger partial charge >= 0.3 is 11.9 Å². The van der Waals surface area contributed by atoms with Crippen LogP contribution in [0.1, 0.15) is 16.9 Å². The van der Waals surface area contributed by atoms with Gasteiger partial charge in [-0.05, 0) is 6.07 Å². The van der Waals surface area contributed by atoms with E-state index in [1.807, 2.05) is 0 Å². The Balaban J connectivity index is 2.85. The number of hydrogen-bond donors (Lipinski definition) is 2. The second-order valence-electron chi connectivity index (χ2n) is 3.82. The lowest BCUT2D eigenvalue weighted by Crippen LogP contribution is -2.43. The molecule has 0 radical (unpaired) electrons. The number of carbonyl (C=O) groups excluding carboxylic acids is 2. The fourth-order valence-electron chi connectivity index (χ4n) is 1.31. The molecule has 0 unspecified atom stereocenters. The quantitative estimate of drug-likeness (QED) is 0.631. The summed E-state index contributed by atoms with van der Waals surface area (Å²) in [7, 11) is 2.46. The van der Waals surface area contributed by atoms with E-state index in [0.717, 1.165) is 23.9 Å². The van der Waals surface area contributed by atoms with Crippen molar-refractivity contribution in [2.24, 2.45) is 7.05 Å². The molecule has 1 amide bonds. The number of ether oxygens (including phenoxy) is 1. The van der Waals surface area contributed by atoms with Crippen molar-refractivity contribution in [1.29, 1.82) is 0 Å². The first kappa shape index (κ1) is 15.3. The molecule has 1 heterocycles. The van der Waals surface area contributed by atoms with Crippen LogP contribution in [0.25, 0.3) is 0 Å². The molecule has 0 aromatic carbocycles. The lowest BCUT2D eigenvalue weighted by molar-refractivity contribution is -0.147. The molecule has 20 heavy (non-hydrogen) atoms. The van der Waals surface area contributed by atoms with Crippen LogP contribution in [-0.4, -0.2) is 45.9 Å². The van der Waals surface area contributed by atoms with E-state index in [2.05, 4.69) is 15.2 Å². The number of aliphatic carboxylic acids is 1. The molecule has 108 valence electrons. The minimum absolute atomic E-state index is 0.136. The number of aryl methyl sites for hydroxylation is 1. The predicted octanol–water partition coefficient (Wildman–Crippen LogP) is -1.47. The molecule has 0 aliphatic carbocycles. The third-order valence-electron chi connectivity index (χ3n) is 2.39. The molecule has 1 rings (SSSR count). The molecule has 0 bridgehead atoms. The van der Waals surface area contributed by atoms with Gasteiger partial charge in [-0.3, -0.25) is 14.4 Å². The van der Waals surface area contributed by atoms with Gasteiger partial charge in [0.05, 0.1) is 13.5 Å². The van der Waals surface area contributed by atoms with Crippen molar-refractivity contribution in [2.75, 3.05) is 7.11 Å². The number of nitrogens with zero attached hydrogens (tertiary/aromatic N) is 2. The zero-order valence-corrected chi connectivity index (χ0v) is 10.8. The normalized spacial score (nSPS) is 11.5. The Morgan fingerprint density at radius 2 is 2.10 bits per heavy atom. The second-order valence-corrected chi connectivity index (χ2v) is 3.82. The highest BCUT2D eigenvalue weighted by molar-refractivity contribution is 5.95. The first-order valence-electron chi connectivity index (χ1n) is 5.50. The Morgan fingerprint density at radius 1 is 1.45 bits per heavy atom. The molecule has 0 fully saturated rings. The average molecular weight is 283 g/mol. The molecule has 2 N–H and O–H groups in total. The first-order valence-corrected chi connectivity index (χ1v) is 5.50. The Kier molecular flexibility index (Phi) is 4.95. The van der Waals surface area contributed by atoms with Gasteiger partial charge in [-0.1, -0.05) is 0 Å². The number of hydrogen-bond acceptors (Lipinski definition) is 6. The molecule has 9 nitrogen and oxygen atoms in total. The number of carboxylic acid groups (broad SMARTS) is 1. The highest BCUT2D eigenvalue weighted by Crippen LogP contribution is 1.98. The van der Waals surface area contributed by atoms with E-state index < -0.39 is 35.9 Å². The predicted molar refractivity (Wildman–Crippen MR) is 65.0 cm³/mol. The fraction of sp³-hybridized carbons (Fsp3) is 0.364. The molecule has 0 aliphatic heterocycles. The summed E-state index contributed by atoms with van der Waals surface area (Å²) in [5, 5.41) is 14.7. The third-order valence-corrected chi connectivity index (χ3v) is 2.39. The van der Waals surface area contributed by atoms with Gasteiger partial charge in [-0.2, -0.15) is 5.10 Å². The van der Waals surface area contributed by atoms with Crippen molar-refractivity contribution < 1.29 is 24.2 Å². The van der Waals surface area contributed by atoms with Crippen LogP contribution < -0.4 is 10.9 Å². The van der Waals surface area contributed by atoms with Crippen LogP contribution in [0.5, 0.6) is 0 Å². The molecule has 1 aromatic rings. The van der Waals surface area contributed by atoms with E-state index in [1.165, 1.54) is 7.05 Å². The van der Waals surface area contributed by atoms with Crippen molar-refractivity contribution in [3.8, 4) is 0 Å². The fourth-order valence-corrected chi connectivity index (χ4v) is 1.31. The topological polar surface area (TPSA) is 128 Å². The lowest BCUT2D eigenvalue weighted by Gasteiger charge is -2.13. The van der Waals surface area contributed by atoms with Gasteiger partial charge in [-0.25, -0.2) is 9.48 Å². The van der Waals surface area contributed by atoms with E-state index in [-0.39, 0.29) is 5.69 Å². The Morgan fingerprint density at radius 3 is 2.60 bits per heavy atom. The van der Waals surface area contributed by atoms with E-state index in [1.54, 1.807) is 0 Å². The van der Waals surface area contributed by atoms with Crippen LogP contribution in [0.4, 0.5) is 0 Å².